The van der Waals surface area contributed by atoms with Crippen molar-refractivity contribution in [2.24, 2.45) is 11.1 Å². The van der Waals surface area contributed by atoms with Crippen LogP contribution in [0.5, 0.6) is 0 Å². The van der Waals surface area contributed by atoms with E-state index in [9.17, 15) is 0 Å². The Morgan fingerprint density at radius 2 is 2.19 bits per heavy atom. The molecule has 0 spiro atoms. The van der Waals surface area contributed by atoms with Gasteiger partial charge in [-0.05, 0) is 31.2 Å². The molecule has 1 aliphatic carbocycles. The fraction of sp³-hybridized carbons (Fsp3) is 0.769. The molecule has 0 saturated heterocycles. The lowest BCUT2D eigenvalue weighted by molar-refractivity contribution is 0.235. The molecule has 1 aliphatic rings. The quantitative estimate of drug-likeness (QED) is 0.829. The Balaban J connectivity index is 2.09. The smallest absolute Gasteiger partial charge is 0.0948 e. The minimum absolute atomic E-state index is 0.532. The van der Waals surface area contributed by atoms with Gasteiger partial charge in [0.1, 0.15) is 0 Å². The maximum absolute atomic E-state index is 5.62. The highest BCUT2D eigenvalue weighted by molar-refractivity contribution is 5.00. The first-order valence-corrected chi connectivity index (χ1v) is 6.49. The Bertz CT molecular complexity index is 324. The number of aromatic nitrogens is 2. The maximum Gasteiger partial charge on any atom is 0.0948 e. The lowest BCUT2D eigenvalue weighted by Crippen LogP contribution is -2.24. The molecule has 0 aliphatic heterocycles. The molecule has 1 heterocycles. The van der Waals surface area contributed by atoms with Crippen molar-refractivity contribution in [1.29, 1.82) is 0 Å². The summed E-state index contributed by atoms with van der Waals surface area (Å²) in [5, 5.41) is 0. The van der Waals surface area contributed by atoms with E-state index < -0.39 is 0 Å². The van der Waals surface area contributed by atoms with Gasteiger partial charge in [-0.1, -0.05) is 19.8 Å². The second-order valence-electron chi connectivity index (χ2n) is 5.11. The Labute approximate surface area is 98.1 Å². The highest BCUT2D eigenvalue weighted by Gasteiger charge is 2.32. The molecule has 0 amide bonds. The molecule has 0 radical (unpaired) electrons. The van der Waals surface area contributed by atoms with E-state index in [2.05, 4.69) is 16.5 Å². The van der Waals surface area contributed by atoms with E-state index in [0.717, 1.165) is 13.0 Å². The Kier molecular flexibility index (Phi) is 3.64. The molecule has 0 bridgehead atoms. The predicted molar refractivity (Wildman–Crippen MR) is 66.2 cm³/mol. The van der Waals surface area contributed by atoms with Crippen molar-refractivity contribution in [3.63, 3.8) is 0 Å². The van der Waals surface area contributed by atoms with Crippen molar-refractivity contribution in [3.05, 3.63) is 18.2 Å². The lowest BCUT2D eigenvalue weighted by atomic mass is 9.83. The second kappa shape index (κ2) is 5.00. The van der Waals surface area contributed by atoms with Gasteiger partial charge in [0.2, 0.25) is 0 Å². The van der Waals surface area contributed by atoms with Crippen LogP contribution in [0.25, 0.3) is 0 Å². The van der Waals surface area contributed by atoms with Crippen molar-refractivity contribution in [2.45, 2.75) is 52.0 Å². The molecule has 2 rings (SSSR count). The summed E-state index contributed by atoms with van der Waals surface area (Å²) < 4.78 is 2.32. The van der Waals surface area contributed by atoms with Crippen LogP contribution in [-0.4, -0.2) is 16.1 Å². The molecule has 0 atom stereocenters. The van der Waals surface area contributed by atoms with Gasteiger partial charge in [0, 0.05) is 24.9 Å². The first-order chi connectivity index (χ1) is 7.79. The summed E-state index contributed by atoms with van der Waals surface area (Å²) in [6.07, 6.45) is 11.7. The lowest BCUT2D eigenvalue weighted by Gasteiger charge is -2.28. The summed E-state index contributed by atoms with van der Waals surface area (Å²) in [6.45, 7) is 4.18. The van der Waals surface area contributed by atoms with Gasteiger partial charge >= 0.3 is 0 Å². The zero-order valence-electron chi connectivity index (χ0n) is 10.3. The van der Waals surface area contributed by atoms with E-state index in [1.165, 1.54) is 37.8 Å². The summed E-state index contributed by atoms with van der Waals surface area (Å²) in [7, 11) is 0. The van der Waals surface area contributed by atoms with Crippen LogP contribution < -0.4 is 5.73 Å². The summed E-state index contributed by atoms with van der Waals surface area (Å²) in [5.41, 5.74) is 7.45. The third-order valence-electron chi connectivity index (χ3n) is 4.12. The molecule has 1 fully saturated rings. The van der Waals surface area contributed by atoms with E-state index in [0.29, 0.717) is 12.0 Å². The highest BCUT2D eigenvalue weighted by Crippen LogP contribution is 2.42. The van der Waals surface area contributed by atoms with Crippen LogP contribution in [0.4, 0.5) is 0 Å². The van der Waals surface area contributed by atoms with Crippen LogP contribution in [0.2, 0.25) is 0 Å². The van der Waals surface area contributed by atoms with Crippen LogP contribution in [0.1, 0.15) is 44.7 Å². The van der Waals surface area contributed by atoms with Gasteiger partial charge in [-0.15, -0.1) is 0 Å². The van der Waals surface area contributed by atoms with Crippen LogP contribution >= 0.6 is 0 Å². The highest BCUT2D eigenvalue weighted by atomic mass is 15.1. The standard InChI is InChI=1S/C13H23N3/c1-2-13(6-3-4-7-13)10-16-11-15-9-12(16)5-8-14/h9,11H,2-8,10,14H2,1H3. The molecular formula is C13H23N3. The minimum Gasteiger partial charge on any atom is -0.334 e. The molecule has 1 aromatic rings. The average molecular weight is 221 g/mol. The van der Waals surface area contributed by atoms with Crippen molar-refractivity contribution in [1.82, 2.24) is 9.55 Å². The topological polar surface area (TPSA) is 43.8 Å². The zero-order chi connectivity index (χ0) is 11.4. The molecule has 0 unspecified atom stereocenters. The van der Waals surface area contributed by atoms with Crippen molar-refractivity contribution < 1.29 is 0 Å². The third kappa shape index (κ3) is 2.29. The molecule has 3 nitrogen and oxygen atoms in total. The summed E-state index contributed by atoms with van der Waals surface area (Å²) >= 11 is 0. The van der Waals surface area contributed by atoms with E-state index in [-0.39, 0.29) is 0 Å². The maximum atomic E-state index is 5.62. The number of hydrogen-bond acceptors (Lipinski definition) is 2. The SMILES string of the molecule is CCC1(Cn2cncc2CCN)CCCC1. The summed E-state index contributed by atoms with van der Waals surface area (Å²) in [4.78, 5) is 4.26. The van der Waals surface area contributed by atoms with E-state index in [4.69, 9.17) is 5.73 Å². The van der Waals surface area contributed by atoms with Gasteiger partial charge in [0.25, 0.3) is 0 Å². The number of hydrogen-bond donors (Lipinski definition) is 1. The van der Waals surface area contributed by atoms with E-state index in [1.807, 2.05) is 12.5 Å². The summed E-state index contributed by atoms with van der Waals surface area (Å²) in [6, 6.07) is 0. The third-order valence-corrected chi connectivity index (χ3v) is 4.12. The fourth-order valence-electron chi connectivity index (χ4n) is 2.96. The molecule has 0 aromatic carbocycles. The molecule has 1 saturated carbocycles. The predicted octanol–water partition coefficient (Wildman–Crippen LogP) is 2.35. The normalized spacial score (nSPS) is 19.1. The van der Waals surface area contributed by atoms with Gasteiger partial charge in [-0.2, -0.15) is 0 Å². The van der Waals surface area contributed by atoms with Crippen molar-refractivity contribution in [2.75, 3.05) is 6.54 Å². The summed E-state index contributed by atoms with van der Waals surface area (Å²) in [5.74, 6) is 0. The van der Waals surface area contributed by atoms with Crippen LogP contribution in [0, 0.1) is 5.41 Å². The molecule has 16 heavy (non-hydrogen) atoms. The first-order valence-electron chi connectivity index (χ1n) is 6.49. The Morgan fingerprint density at radius 3 is 2.81 bits per heavy atom. The Morgan fingerprint density at radius 1 is 1.44 bits per heavy atom. The van der Waals surface area contributed by atoms with Crippen LogP contribution in [0.3, 0.4) is 0 Å². The van der Waals surface area contributed by atoms with Gasteiger partial charge in [0.05, 0.1) is 6.33 Å². The first kappa shape index (κ1) is 11.6. The van der Waals surface area contributed by atoms with E-state index >= 15 is 0 Å². The number of imidazole rings is 1. The average Bonchev–Trinajstić information content (AvgIpc) is 2.91. The van der Waals surface area contributed by atoms with Gasteiger partial charge in [0.15, 0.2) is 0 Å². The number of rotatable bonds is 5. The number of nitrogens with two attached hydrogens (primary N) is 1. The second-order valence-corrected chi connectivity index (χ2v) is 5.11. The molecule has 90 valence electrons. The number of nitrogens with zero attached hydrogens (tertiary/aromatic N) is 2. The van der Waals surface area contributed by atoms with Crippen molar-refractivity contribution in [3.8, 4) is 0 Å². The fourth-order valence-corrected chi connectivity index (χ4v) is 2.96. The van der Waals surface area contributed by atoms with Gasteiger partial charge < -0.3 is 10.3 Å². The largest absolute Gasteiger partial charge is 0.334 e. The molecule has 2 N–H and O–H groups in total. The van der Waals surface area contributed by atoms with Crippen LogP contribution in [-0.2, 0) is 13.0 Å². The molecule has 3 heteroatoms. The zero-order valence-corrected chi connectivity index (χ0v) is 10.3. The monoisotopic (exact) mass is 221 g/mol. The van der Waals surface area contributed by atoms with Crippen LogP contribution in [0.15, 0.2) is 12.5 Å². The van der Waals surface area contributed by atoms with Crippen molar-refractivity contribution >= 4 is 0 Å². The molecular weight excluding hydrogens is 198 g/mol. The Hall–Kier alpha value is -0.830. The van der Waals surface area contributed by atoms with Gasteiger partial charge in [-0.25, -0.2) is 4.98 Å². The van der Waals surface area contributed by atoms with E-state index in [1.54, 1.807) is 0 Å². The molecule has 1 aromatic heterocycles. The minimum atomic E-state index is 0.532. The van der Waals surface area contributed by atoms with Gasteiger partial charge in [-0.3, -0.25) is 0 Å².